The molecule has 0 fully saturated rings. The lowest BCUT2D eigenvalue weighted by Gasteiger charge is -2.08. The Labute approximate surface area is 160 Å². The lowest BCUT2D eigenvalue weighted by molar-refractivity contribution is -0.115. The Hall–Kier alpha value is -2.76. The summed E-state index contributed by atoms with van der Waals surface area (Å²) >= 11 is 10.8. The number of fused-ring (bicyclic) bond motifs is 1. The average molecular weight is 385 g/mol. The maximum Gasteiger partial charge on any atom is 0.250 e. The number of benzene rings is 3. The maximum atomic E-state index is 13.1. The minimum Gasteiger partial charge on any atom is -0.332 e. The number of carbonyl (C=O) groups excluding carboxylic acids is 1. The molecule has 130 valence electrons. The number of hydrogen-bond donors (Lipinski definition) is 2. The molecule has 26 heavy (non-hydrogen) atoms. The fourth-order valence-electron chi connectivity index (χ4n) is 2.45. The smallest absolute Gasteiger partial charge is 0.250 e. The van der Waals surface area contributed by atoms with E-state index in [9.17, 15) is 9.18 Å². The molecule has 3 aromatic carbocycles. The van der Waals surface area contributed by atoms with Crippen LogP contribution in [0.2, 0.25) is 5.02 Å². The van der Waals surface area contributed by atoms with Crippen molar-refractivity contribution in [1.82, 2.24) is 5.32 Å². The van der Waals surface area contributed by atoms with Crippen molar-refractivity contribution >= 4 is 57.4 Å². The fraction of sp³-hybridized carbons (Fsp3) is 0. The third-order valence-corrected chi connectivity index (χ3v) is 4.15. The van der Waals surface area contributed by atoms with Crippen LogP contribution in [0.1, 0.15) is 5.56 Å². The van der Waals surface area contributed by atoms with Crippen molar-refractivity contribution in [3.8, 4) is 0 Å². The van der Waals surface area contributed by atoms with Crippen molar-refractivity contribution in [3.05, 3.63) is 83.1 Å². The predicted molar refractivity (Wildman–Crippen MR) is 109 cm³/mol. The van der Waals surface area contributed by atoms with Crippen molar-refractivity contribution in [2.45, 2.75) is 0 Å². The zero-order valence-electron chi connectivity index (χ0n) is 13.5. The number of halogens is 2. The Morgan fingerprint density at radius 2 is 1.85 bits per heavy atom. The van der Waals surface area contributed by atoms with Crippen molar-refractivity contribution in [2.75, 3.05) is 5.32 Å². The van der Waals surface area contributed by atoms with Gasteiger partial charge in [0.05, 0.1) is 5.02 Å². The van der Waals surface area contributed by atoms with Crippen LogP contribution in [0.3, 0.4) is 0 Å². The van der Waals surface area contributed by atoms with Gasteiger partial charge in [-0.25, -0.2) is 4.39 Å². The van der Waals surface area contributed by atoms with Crippen LogP contribution in [0.5, 0.6) is 0 Å². The summed E-state index contributed by atoms with van der Waals surface area (Å²) in [6, 6.07) is 17.9. The van der Waals surface area contributed by atoms with Crippen molar-refractivity contribution < 1.29 is 9.18 Å². The Morgan fingerprint density at radius 3 is 2.65 bits per heavy atom. The lowest BCUT2D eigenvalue weighted by Crippen LogP contribution is -2.32. The van der Waals surface area contributed by atoms with Gasteiger partial charge in [0.1, 0.15) is 5.82 Å². The minimum atomic E-state index is -0.523. The van der Waals surface area contributed by atoms with Gasteiger partial charge >= 0.3 is 0 Å². The van der Waals surface area contributed by atoms with Gasteiger partial charge < -0.3 is 5.32 Å². The molecule has 0 unspecified atom stereocenters. The van der Waals surface area contributed by atoms with Crippen LogP contribution in [-0.4, -0.2) is 11.0 Å². The van der Waals surface area contributed by atoms with Crippen LogP contribution in [-0.2, 0) is 4.79 Å². The molecule has 0 heterocycles. The minimum absolute atomic E-state index is 0.0278. The molecule has 3 nitrogen and oxygen atoms in total. The molecule has 0 spiro atoms. The van der Waals surface area contributed by atoms with Crippen LogP contribution in [0.4, 0.5) is 10.1 Å². The highest BCUT2D eigenvalue weighted by Crippen LogP contribution is 2.20. The van der Waals surface area contributed by atoms with Gasteiger partial charge in [0.15, 0.2) is 5.11 Å². The molecule has 3 rings (SSSR count). The Morgan fingerprint density at radius 1 is 1.08 bits per heavy atom. The molecule has 6 heteroatoms. The van der Waals surface area contributed by atoms with Gasteiger partial charge in [-0.15, -0.1) is 0 Å². The van der Waals surface area contributed by atoms with E-state index in [4.69, 9.17) is 23.8 Å². The molecule has 0 bridgehead atoms. The Kier molecular flexibility index (Phi) is 5.61. The van der Waals surface area contributed by atoms with E-state index in [1.807, 2.05) is 42.5 Å². The summed E-state index contributed by atoms with van der Waals surface area (Å²) in [6.45, 7) is 0. The molecule has 0 aliphatic rings. The first-order chi connectivity index (χ1) is 12.5. The first kappa shape index (κ1) is 18.0. The molecular weight excluding hydrogens is 371 g/mol. The number of carbonyl (C=O) groups is 1. The highest BCUT2D eigenvalue weighted by atomic mass is 35.5. The molecule has 1 amide bonds. The fourth-order valence-corrected chi connectivity index (χ4v) is 2.85. The quantitative estimate of drug-likeness (QED) is 0.484. The van der Waals surface area contributed by atoms with Crippen molar-refractivity contribution in [2.24, 2.45) is 0 Å². The van der Waals surface area contributed by atoms with E-state index in [2.05, 4.69) is 10.6 Å². The molecule has 0 saturated carbocycles. The molecule has 2 N–H and O–H groups in total. The molecule has 0 aliphatic heterocycles. The second-order valence-corrected chi connectivity index (χ2v) is 6.29. The Bertz CT molecular complexity index is 1010. The van der Waals surface area contributed by atoms with Crippen LogP contribution in [0, 0.1) is 5.82 Å². The number of anilines is 1. The predicted octanol–water partition coefficient (Wildman–Crippen LogP) is 5.16. The largest absolute Gasteiger partial charge is 0.332 e. The summed E-state index contributed by atoms with van der Waals surface area (Å²) in [4.78, 5) is 12.1. The monoisotopic (exact) mass is 384 g/mol. The van der Waals surface area contributed by atoms with E-state index >= 15 is 0 Å². The SMILES string of the molecule is O=C(C=Cc1cccc2ccccc12)NC(=S)Nc1ccc(F)c(Cl)c1. The van der Waals surface area contributed by atoms with Crippen LogP contribution >= 0.6 is 23.8 Å². The summed E-state index contributed by atoms with van der Waals surface area (Å²) in [5.74, 6) is -0.895. The number of nitrogens with one attached hydrogen (secondary N) is 2. The van der Waals surface area contributed by atoms with E-state index in [1.165, 1.54) is 24.3 Å². The highest BCUT2D eigenvalue weighted by Gasteiger charge is 2.05. The molecule has 0 aliphatic carbocycles. The zero-order valence-corrected chi connectivity index (χ0v) is 15.1. The lowest BCUT2D eigenvalue weighted by atomic mass is 10.0. The van der Waals surface area contributed by atoms with E-state index in [0.717, 1.165) is 16.3 Å². The summed E-state index contributed by atoms with van der Waals surface area (Å²) in [7, 11) is 0. The molecule has 0 aromatic heterocycles. The van der Waals surface area contributed by atoms with Crippen LogP contribution < -0.4 is 10.6 Å². The van der Waals surface area contributed by atoms with Crippen LogP contribution in [0.15, 0.2) is 66.7 Å². The topological polar surface area (TPSA) is 41.1 Å². The summed E-state index contributed by atoms with van der Waals surface area (Å²) < 4.78 is 13.1. The number of thiocarbonyl (C=S) groups is 1. The molecule has 3 aromatic rings. The summed E-state index contributed by atoms with van der Waals surface area (Å²) in [5.41, 5.74) is 1.42. The Balaban J connectivity index is 1.65. The number of hydrogen-bond acceptors (Lipinski definition) is 2. The zero-order chi connectivity index (χ0) is 18.5. The average Bonchev–Trinajstić information content (AvgIpc) is 2.63. The van der Waals surface area contributed by atoms with E-state index in [0.29, 0.717) is 5.69 Å². The first-order valence-electron chi connectivity index (χ1n) is 7.76. The third kappa shape index (κ3) is 4.45. The molecule has 0 atom stereocenters. The van der Waals surface area contributed by atoms with Crippen LogP contribution in [0.25, 0.3) is 16.8 Å². The second kappa shape index (κ2) is 8.08. The van der Waals surface area contributed by atoms with E-state index in [-0.39, 0.29) is 16.0 Å². The summed E-state index contributed by atoms with van der Waals surface area (Å²) in [5, 5.41) is 7.55. The van der Waals surface area contributed by atoms with Gasteiger partial charge in [0.2, 0.25) is 5.91 Å². The van der Waals surface area contributed by atoms with E-state index in [1.54, 1.807) is 6.08 Å². The maximum absolute atomic E-state index is 13.1. The van der Waals surface area contributed by atoms with Gasteiger partial charge in [-0.2, -0.15) is 0 Å². The second-order valence-electron chi connectivity index (χ2n) is 5.47. The van der Waals surface area contributed by atoms with Gasteiger partial charge in [0.25, 0.3) is 0 Å². The van der Waals surface area contributed by atoms with Gasteiger partial charge in [0, 0.05) is 11.8 Å². The van der Waals surface area contributed by atoms with Gasteiger partial charge in [-0.3, -0.25) is 10.1 Å². The summed E-state index contributed by atoms with van der Waals surface area (Å²) in [6.07, 6.45) is 3.14. The molecule has 0 saturated heterocycles. The number of rotatable bonds is 3. The normalized spacial score (nSPS) is 10.8. The standard InChI is InChI=1S/C20H14ClFN2OS/c21-17-12-15(9-10-18(17)22)23-20(26)24-19(25)11-8-14-6-3-5-13-4-1-2-7-16(13)14/h1-12H,(H2,23,24,25,26). The third-order valence-electron chi connectivity index (χ3n) is 3.65. The van der Waals surface area contributed by atoms with Crippen molar-refractivity contribution in [3.63, 3.8) is 0 Å². The number of amides is 1. The van der Waals surface area contributed by atoms with Gasteiger partial charge in [-0.05, 0) is 52.8 Å². The first-order valence-corrected chi connectivity index (χ1v) is 8.54. The molecule has 0 radical (unpaired) electrons. The van der Waals surface area contributed by atoms with Crippen molar-refractivity contribution in [1.29, 1.82) is 0 Å². The van der Waals surface area contributed by atoms with Gasteiger partial charge in [-0.1, -0.05) is 54.1 Å². The molecular formula is C20H14ClFN2OS. The highest BCUT2D eigenvalue weighted by molar-refractivity contribution is 7.80. The van der Waals surface area contributed by atoms with E-state index < -0.39 is 5.82 Å².